The Hall–Kier alpha value is -3.52. The van der Waals surface area contributed by atoms with Gasteiger partial charge in [0.15, 0.2) is 5.78 Å². The molecule has 0 aliphatic carbocycles. The first-order valence-corrected chi connectivity index (χ1v) is 9.94. The predicted octanol–water partition coefficient (Wildman–Crippen LogP) is 6.55. The van der Waals surface area contributed by atoms with Gasteiger partial charge in [0, 0.05) is 11.0 Å². The Labute approximate surface area is 181 Å². The highest BCUT2D eigenvalue weighted by Crippen LogP contribution is 2.35. The normalized spacial score (nSPS) is 11.1. The maximum atomic E-state index is 12.5. The van der Waals surface area contributed by atoms with Gasteiger partial charge in [-0.25, -0.2) is 0 Å². The number of ketones is 1. The lowest BCUT2D eigenvalue weighted by Crippen LogP contribution is -2.06. The van der Waals surface area contributed by atoms with E-state index in [1.54, 1.807) is 12.1 Å². The SMILES string of the molecule is Cc1ccc(Sc2ccc(/C=C/C(=O)c3ccccc3OC(F)F)cc2[N+](=O)[O-])cc1. The molecule has 0 saturated heterocycles. The number of rotatable bonds is 8. The summed E-state index contributed by atoms with van der Waals surface area (Å²) >= 11 is 1.27. The Bertz CT molecular complexity index is 1130. The van der Waals surface area contributed by atoms with E-state index in [2.05, 4.69) is 4.74 Å². The fourth-order valence-electron chi connectivity index (χ4n) is 2.73. The van der Waals surface area contributed by atoms with Gasteiger partial charge >= 0.3 is 6.61 Å². The van der Waals surface area contributed by atoms with Gasteiger partial charge in [0.1, 0.15) is 5.75 Å². The Morgan fingerprint density at radius 1 is 1.10 bits per heavy atom. The van der Waals surface area contributed by atoms with E-state index in [9.17, 15) is 23.7 Å². The number of carbonyl (C=O) groups excluding carboxylic acids is 1. The van der Waals surface area contributed by atoms with Crippen molar-refractivity contribution in [2.75, 3.05) is 0 Å². The van der Waals surface area contributed by atoms with Gasteiger partial charge in [-0.1, -0.05) is 53.7 Å². The Morgan fingerprint density at radius 3 is 2.48 bits per heavy atom. The van der Waals surface area contributed by atoms with Crippen LogP contribution in [0.2, 0.25) is 0 Å². The van der Waals surface area contributed by atoms with E-state index in [0.717, 1.165) is 10.5 Å². The van der Waals surface area contributed by atoms with Gasteiger partial charge < -0.3 is 4.74 Å². The van der Waals surface area contributed by atoms with Crippen molar-refractivity contribution in [2.45, 2.75) is 23.3 Å². The predicted molar refractivity (Wildman–Crippen MR) is 115 cm³/mol. The van der Waals surface area contributed by atoms with Crippen LogP contribution in [0.5, 0.6) is 5.75 Å². The summed E-state index contributed by atoms with van der Waals surface area (Å²) in [5.41, 5.74) is 1.40. The zero-order valence-electron chi connectivity index (χ0n) is 16.3. The first-order chi connectivity index (χ1) is 14.8. The second-order valence-electron chi connectivity index (χ2n) is 6.47. The fourth-order valence-corrected chi connectivity index (χ4v) is 3.63. The standard InChI is InChI=1S/C23H17F2NO4S/c1-15-6-10-17(11-7-15)31-22-13-9-16(14-19(22)26(28)29)8-12-20(27)18-4-2-3-5-21(18)30-23(24)25/h2-14,23H,1H3/b12-8+. The number of carbonyl (C=O) groups is 1. The van der Waals surface area contributed by atoms with Gasteiger partial charge in [-0.2, -0.15) is 8.78 Å². The highest BCUT2D eigenvalue weighted by atomic mass is 32.2. The molecule has 0 fully saturated rings. The number of nitrogens with zero attached hydrogens (tertiary/aromatic N) is 1. The summed E-state index contributed by atoms with van der Waals surface area (Å²) in [6, 6.07) is 17.9. The minimum Gasteiger partial charge on any atom is -0.434 e. The molecule has 0 radical (unpaired) electrons. The third-order valence-corrected chi connectivity index (χ3v) is 5.30. The maximum absolute atomic E-state index is 12.5. The second-order valence-corrected chi connectivity index (χ2v) is 7.59. The Kier molecular flexibility index (Phi) is 7.15. The molecule has 0 aliphatic heterocycles. The molecule has 0 aliphatic rings. The lowest BCUT2D eigenvalue weighted by atomic mass is 10.1. The van der Waals surface area contributed by atoms with E-state index >= 15 is 0 Å². The first kappa shape index (κ1) is 22.2. The average Bonchev–Trinajstić information content (AvgIpc) is 2.74. The van der Waals surface area contributed by atoms with Crippen molar-refractivity contribution in [3.8, 4) is 5.75 Å². The van der Waals surface area contributed by atoms with E-state index in [0.29, 0.717) is 10.5 Å². The zero-order valence-corrected chi connectivity index (χ0v) is 17.1. The van der Waals surface area contributed by atoms with E-state index < -0.39 is 17.3 Å². The average molecular weight is 441 g/mol. The molecule has 3 rings (SSSR count). The van der Waals surface area contributed by atoms with Crippen LogP contribution in [-0.4, -0.2) is 17.3 Å². The summed E-state index contributed by atoms with van der Waals surface area (Å²) in [6.07, 6.45) is 2.56. The van der Waals surface area contributed by atoms with Crippen LogP contribution in [0.3, 0.4) is 0 Å². The lowest BCUT2D eigenvalue weighted by Gasteiger charge is -2.08. The number of nitro groups is 1. The van der Waals surface area contributed by atoms with Crippen molar-refractivity contribution < 1.29 is 23.2 Å². The highest BCUT2D eigenvalue weighted by molar-refractivity contribution is 7.99. The van der Waals surface area contributed by atoms with Gasteiger partial charge in [-0.15, -0.1) is 0 Å². The molecule has 158 valence electrons. The summed E-state index contributed by atoms with van der Waals surface area (Å²) in [5, 5.41) is 11.5. The van der Waals surface area contributed by atoms with Crippen LogP contribution in [0.4, 0.5) is 14.5 Å². The molecule has 31 heavy (non-hydrogen) atoms. The van der Waals surface area contributed by atoms with Crippen LogP contribution < -0.4 is 4.74 Å². The summed E-state index contributed by atoms with van der Waals surface area (Å²) in [7, 11) is 0. The van der Waals surface area contributed by atoms with Crippen molar-refractivity contribution >= 4 is 29.3 Å². The van der Waals surface area contributed by atoms with E-state index in [1.165, 1.54) is 54.2 Å². The molecular weight excluding hydrogens is 424 g/mol. The van der Waals surface area contributed by atoms with Crippen LogP contribution in [0, 0.1) is 17.0 Å². The second kappa shape index (κ2) is 9.99. The van der Waals surface area contributed by atoms with E-state index in [4.69, 9.17) is 0 Å². The van der Waals surface area contributed by atoms with Crippen molar-refractivity contribution in [1.29, 1.82) is 0 Å². The molecule has 0 unspecified atom stereocenters. The number of ether oxygens (including phenoxy) is 1. The molecule has 0 atom stereocenters. The molecule has 0 amide bonds. The van der Waals surface area contributed by atoms with Crippen molar-refractivity contribution in [3.05, 3.63) is 99.6 Å². The maximum Gasteiger partial charge on any atom is 0.387 e. The van der Waals surface area contributed by atoms with E-state index in [1.807, 2.05) is 31.2 Å². The largest absolute Gasteiger partial charge is 0.434 e. The lowest BCUT2D eigenvalue weighted by molar-refractivity contribution is -0.387. The molecular formula is C23H17F2NO4S. The van der Waals surface area contributed by atoms with Crippen molar-refractivity contribution in [1.82, 2.24) is 0 Å². The molecule has 5 nitrogen and oxygen atoms in total. The zero-order chi connectivity index (χ0) is 22.4. The molecule has 0 aromatic heterocycles. The Morgan fingerprint density at radius 2 is 1.81 bits per heavy atom. The van der Waals surface area contributed by atoms with Gasteiger partial charge in [-0.05, 0) is 48.9 Å². The van der Waals surface area contributed by atoms with Crippen LogP contribution in [0.25, 0.3) is 6.08 Å². The first-order valence-electron chi connectivity index (χ1n) is 9.12. The molecule has 3 aromatic carbocycles. The number of alkyl halides is 2. The number of benzene rings is 3. The molecule has 0 saturated carbocycles. The monoisotopic (exact) mass is 441 g/mol. The number of hydrogen-bond donors (Lipinski definition) is 0. The van der Waals surface area contributed by atoms with Gasteiger partial charge in [0.25, 0.3) is 5.69 Å². The van der Waals surface area contributed by atoms with Crippen molar-refractivity contribution in [3.63, 3.8) is 0 Å². The van der Waals surface area contributed by atoms with Crippen molar-refractivity contribution in [2.24, 2.45) is 0 Å². The molecule has 0 heterocycles. The third kappa shape index (κ3) is 5.99. The molecule has 0 spiro atoms. The smallest absolute Gasteiger partial charge is 0.387 e. The van der Waals surface area contributed by atoms with E-state index in [-0.39, 0.29) is 17.0 Å². The number of para-hydroxylation sites is 1. The molecule has 0 N–H and O–H groups in total. The third-order valence-electron chi connectivity index (χ3n) is 4.22. The Balaban J connectivity index is 1.83. The number of hydrogen-bond acceptors (Lipinski definition) is 5. The molecule has 0 bridgehead atoms. The summed E-state index contributed by atoms with van der Waals surface area (Å²) in [6.45, 7) is -1.10. The van der Waals surface area contributed by atoms with Crippen LogP contribution >= 0.6 is 11.8 Å². The van der Waals surface area contributed by atoms with Crippen LogP contribution in [0.15, 0.2) is 82.6 Å². The van der Waals surface area contributed by atoms with Crippen LogP contribution in [0.1, 0.15) is 21.5 Å². The molecule has 3 aromatic rings. The minimum absolute atomic E-state index is 0.0277. The van der Waals surface area contributed by atoms with Gasteiger partial charge in [0.2, 0.25) is 0 Å². The van der Waals surface area contributed by atoms with Gasteiger partial charge in [-0.3, -0.25) is 14.9 Å². The molecule has 8 heteroatoms. The number of halogens is 2. The van der Waals surface area contributed by atoms with Crippen LogP contribution in [-0.2, 0) is 0 Å². The summed E-state index contributed by atoms with van der Waals surface area (Å²) < 4.78 is 29.4. The van der Waals surface area contributed by atoms with Gasteiger partial charge in [0.05, 0.1) is 15.4 Å². The minimum atomic E-state index is -3.06. The topological polar surface area (TPSA) is 69.4 Å². The summed E-state index contributed by atoms with van der Waals surface area (Å²) in [5.74, 6) is -0.792. The fraction of sp³-hybridized carbons (Fsp3) is 0.0870. The number of nitro benzene ring substituents is 1. The number of allylic oxidation sites excluding steroid dienone is 1. The summed E-state index contributed by atoms with van der Waals surface area (Å²) in [4.78, 5) is 24.8. The quantitative estimate of drug-likeness (QED) is 0.172. The highest BCUT2D eigenvalue weighted by Gasteiger charge is 2.16. The number of aryl methyl sites for hydroxylation is 1.